The Bertz CT molecular complexity index is 577. The molecule has 2 aromatic carbocycles. The summed E-state index contributed by atoms with van der Waals surface area (Å²) in [5.74, 6) is 0.346. The van der Waals surface area contributed by atoms with Crippen LogP contribution in [0.2, 0.25) is 0 Å². The van der Waals surface area contributed by atoms with Gasteiger partial charge >= 0.3 is 0 Å². The maximum absolute atomic E-state index is 12.8. The number of hydrogen-bond acceptors (Lipinski definition) is 2. The summed E-state index contributed by atoms with van der Waals surface area (Å²) < 4.78 is 0. The fraction of sp³-hybridized carbons (Fsp3) is 0.278. The minimum absolute atomic E-state index is 0.0844. The number of carbonyl (C=O) groups is 1. The van der Waals surface area contributed by atoms with E-state index >= 15 is 0 Å². The molecule has 1 aliphatic rings. The summed E-state index contributed by atoms with van der Waals surface area (Å²) in [7, 11) is 0. The summed E-state index contributed by atoms with van der Waals surface area (Å²) in [6.45, 7) is 1.90. The minimum Gasteiger partial charge on any atom is -0.326 e. The first-order valence-corrected chi connectivity index (χ1v) is 7.46. The van der Waals surface area contributed by atoms with Crippen LogP contribution in [0.3, 0.4) is 0 Å². The van der Waals surface area contributed by atoms with Gasteiger partial charge in [-0.3, -0.25) is 4.79 Å². The monoisotopic (exact) mass is 280 g/mol. The van der Waals surface area contributed by atoms with Crippen molar-refractivity contribution in [1.82, 2.24) is 5.32 Å². The first-order valence-electron chi connectivity index (χ1n) is 7.46. The molecule has 1 amide bonds. The van der Waals surface area contributed by atoms with Crippen LogP contribution in [0.5, 0.6) is 0 Å². The molecule has 1 heterocycles. The van der Waals surface area contributed by atoms with E-state index in [4.69, 9.17) is 0 Å². The Morgan fingerprint density at radius 2 is 1.71 bits per heavy atom. The fourth-order valence-electron chi connectivity index (χ4n) is 3.00. The summed E-state index contributed by atoms with van der Waals surface area (Å²) in [4.78, 5) is 12.8. The van der Waals surface area contributed by atoms with Crippen molar-refractivity contribution < 1.29 is 4.79 Å². The molecule has 0 aromatic heterocycles. The highest BCUT2D eigenvalue weighted by Crippen LogP contribution is 2.30. The largest absolute Gasteiger partial charge is 0.326 e. The molecule has 0 bridgehead atoms. The molecular formula is C18H20N2O. The zero-order valence-corrected chi connectivity index (χ0v) is 12.0. The van der Waals surface area contributed by atoms with Gasteiger partial charge in [-0.25, -0.2) is 0 Å². The van der Waals surface area contributed by atoms with E-state index in [-0.39, 0.29) is 11.8 Å². The average Bonchev–Trinajstić information content (AvgIpc) is 3.03. The predicted molar refractivity (Wildman–Crippen MR) is 85.2 cm³/mol. The molecule has 0 spiro atoms. The van der Waals surface area contributed by atoms with Crippen molar-refractivity contribution in [3.05, 3.63) is 66.2 Å². The van der Waals surface area contributed by atoms with Crippen LogP contribution in [0, 0.1) is 5.92 Å². The van der Waals surface area contributed by atoms with Gasteiger partial charge in [-0.1, -0.05) is 48.5 Å². The Hall–Kier alpha value is -2.13. The SMILES string of the molecule is O=C(Nc1ccccc1)[C@H](c1ccccc1)C1CCNC1. The van der Waals surface area contributed by atoms with Gasteiger partial charge in [0.1, 0.15) is 0 Å². The van der Waals surface area contributed by atoms with Crippen LogP contribution >= 0.6 is 0 Å². The van der Waals surface area contributed by atoms with Crippen LogP contribution in [0.25, 0.3) is 0 Å². The molecule has 2 N–H and O–H groups in total. The fourth-order valence-corrected chi connectivity index (χ4v) is 3.00. The molecule has 1 fully saturated rings. The van der Waals surface area contributed by atoms with E-state index in [9.17, 15) is 4.79 Å². The number of nitrogens with one attached hydrogen (secondary N) is 2. The second-order valence-electron chi connectivity index (χ2n) is 5.50. The third-order valence-corrected chi connectivity index (χ3v) is 4.05. The van der Waals surface area contributed by atoms with Gasteiger partial charge in [0.05, 0.1) is 5.92 Å². The number of rotatable bonds is 4. The van der Waals surface area contributed by atoms with E-state index in [1.54, 1.807) is 0 Å². The van der Waals surface area contributed by atoms with Gasteiger partial charge in [0, 0.05) is 5.69 Å². The standard InChI is InChI=1S/C18H20N2O/c21-18(20-16-9-5-2-6-10-16)17(15-11-12-19-13-15)14-7-3-1-4-8-14/h1-10,15,17,19H,11-13H2,(H,20,21)/t15?,17-/m1/s1. The Labute approximate surface area is 125 Å². The van der Waals surface area contributed by atoms with Crippen LogP contribution in [0.15, 0.2) is 60.7 Å². The van der Waals surface area contributed by atoms with Crippen molar-refractivity contribution in [2.24, 2.45) is 5.92 Å². The van der Waals surface area contributed by atoms with Gasteiger partial charge in [-0.2, -0.15) is 0 Å². The van der Waals surface area contributed by atoms with E-state index in [1.807, 2.05) is 60.7 Å². The molecule has 108 valence electrons. The van der Waals surface area contributed by atoms with E-state index < -0.39 is 0 Å². The van der Waals surface area contributed by atoms with Crippen LogP contribution in [0.1, 0.15) is 17.9 Å². The highest BCUT2D eigenvalue weighted by Gasteiger charge is 2.31. The number of carbonyl (C=O) groups excluding carboxylic acids is 1. The van der Waals surface area contributed by atoms with E-state index in [1.165, 1.54) is 0 Å². The summed E-state index contributed by atoms with van der Waals surface area (Å²) in [6.07, 6.45) is 1.04. The van der Waals surface area contributed by atoms with Crippen LogP contribution in [0.4, 0.5) is 5.69 Å². The number of anilines is 1. The average molecular weight is 280 g/mol. The van der Waals surface area contributed by atoms with Gasteiger partial charge in [0.25, 0.3) is 0 Å². The Morgan fingerprint density at radius 1 is 1.05 bits per heavy atom. The molecule has 3 nitrogen and oxygen atoms in total. The van der Waals surface area contributed by atoms with Gasteiger partial charge in [-0.15, -0.1) is 0 Å². The normalized spacial score (nSPS) is 19.1. The molecule has 0 saturated carbocycles. The second kappa shape index (κ2) is 6.55. The maximum Gasteiger partial charge on any atom is 0.232 e. The Balaban J connectivity index is 1.83. The lowest BCUT2D eigenvalue weighted by atomic mass is 9.84. The maximum atomic E-state index is 12.8. The number of hydrogen-bond donors (Lipinski definition) is 2. The highest BCUT2D eigenvalue weighted by molar-refractivity contribution is 5.96. The zero-order chi connectivity index (χ0) is 14.5. The molecule has 1 unspecified atom stereocenters. The van der Waals surface area contributed by atoms with E-state index in [0.717, 1.165) is 30.8 Å². The molecule has 1 aliphatic heterocycles. The first-order chi connectivity index (χ1) is 10.3. The van der Waals surface area contributed by atoms with Gasteiger partial charge in [0.2, 0.25) is 5.91 Å². The summed E-state index contributed by atoms with van der Waals surface area (Å²) in [5.41, 5.74) is 1.95. The second-order valence-corrected chi connectivity index (χ2v) is 5.50. The van der Waals surface area contributed by atoms with Gasteiger partial charge < -0.3 is 10.6 Å². The first kappa shape index (κ1) is 13.8. The third kappa shape index (κ3) is 3.31. The number of amides is 1. The lowest BCUT2D eigenvalue weighted by Crippen LogP contribution is -2.28. The predicted octanol–water partition coefficient (Wildman–Crippen LogP) is 3.02. The topological polar surface area (TPSA) is 41.1 Å². The molecule has 21 heavy (non-hydrogen) atoms. The zero-order valence-electron chi connectivity index (χ0n) is 12.0. The number of benzene rings is 2. The molecule has 0 aliphatic carbocycles. The van der Waals surface area contributed by atoms with Crippen molar-refractivity contribution in [2.75, 3.05) is 18.4 Å². The highest BCUT2D eigenvalue weighted by atomic mass is 16.1. The smallest absolute Gasteiger partial charge is 0.232 e. The van der Waals surface area contributed by atoms with Crippen LogP contribution in [-0.2, 0) is 4.79 Å². The molecular weight excluding hydrogens is 260 g/mol. The third-order valence-electron chi connectivity index (χ3n) is 4.05. The van der Waals surface area contributed by atoms with Crippen molar-refractivity contribution in [3.63, 3.8) is 0 Å². The van der Waals surface area contributed by atoms with Crippen LogP contribution in [-0.4, -0.2) is 19.0 Å². The lowest BCUT2D eigenvalue weighted by Gasteiger charge is -2.22. The van der Waals surface area contributed by atoms with E-state index in [0.29, 0.717) is 5.92 Å². The summed E-state index contributed by atoms with van der Waals surface area (Å²) in [5, 5.41) is 6.41. The lowest BCUT2D eigenvalue weighted by molar-refractivity contribution is -0.118. The van der Waals surface area contributed by atoms with Gasteiger partial charge in [-0.05, 0) is 43.1 Å². The molecule has 1 saturated heterocycles. The van der Waals surface area contributed by atoms with Crippen molar-refractivity contribution in [1.29, 1.82) is 0 Å². The Morgan fingerprint density at radius 3 is 2.33 bits per heavy atom. The van der Waals surface area contributed by atoms with Crippen molar-refractivity contribution >= 4 is 11.6 Å². The summed E-state index contributed by atoms with van der Waals surface area (Å²) >= 11 is 0. The molecule has 0 radical (unpaired) electrons. The summed E-state index contributed by atoms with van der Waals surface area (Å²) in [6, 6.07) is 19.8. The Kier molecular flexibility index (Phi) is 4.31. The van der Waals surface area contributed by atoms with E-state index in [2.05, 4.69) is 10.6 Å². The van der Waals surface area contributed by atoms with Crippen molar-refractivity contribution in [2.45, 2.75) is 12.3 Å². The molecule has 2 atom stereocenters. The van der Waals surface area contributed by atoms with Gasteiger partial charge in [0.15, 0.2) is 0 Å². The minimum atomic E-state index is -0.0959. The van der Waals surface area contributed by atoms with Crippen molar-refractivity contribution in [3.8, 4) is 0 Å². The molecule has 3 rings (SSSR count). The number of para-hydroxylation sites is 1. The molecule has 2 aromatic rings. The quantitative estimate of drug-likeness (QED) is 0.904. The van der Waals surface area contributed by atoms with Crippen LogP contribution < -0.4 is 10.6 Å². The molecule has 3 heteroatoms.